The second-order valence-electron chi connectivity index (χ2n) is 4.84. The summed E-state index contributed by atoms with van der Waals surface area (Å²) >= 11 is 0. The molecule has 106 valence electrons. The summed E-state index contributed by atoms with van der Waals surface area (Å²) in [6, 6.07) is 3.61. The van der Waals surface area contributed by atoms with E-state index < -0.39 is 10.2 Å². The molecule has 1 N–H and O–H groups in total. The van der Waals surface area contributed by atoms with Crippen LogP contribution in [0.25, 0.3) is 0 Å². The van der Waals surface area contributed by atoms with Gasteiger partial charge < -0.3 is 4.90 Å². The average molecular weight is 284 g/mol. The molecule has 0 spiro atoms. The first-order valence-corrected chi connectivity index (χ1v) is 7.84. The molecule has 6 nitrogen and oxygen atoms in total. The third-order valence-corrected chi connectivity index (χ3v) is 4.61. The van der Waals surface area contributed by atoms with Crippen LogP contribution in [0.3, 0.4) is 0 Å². The molecule has 1 saturated heterocycles. The van der Waals surface area contributed by atoms with E-state index in [0.29, 0.717) is 5.69 Å². The fourth-order valence-electron chi connectivity index (χ4n) is 2.00. The minimum Gasteiger partial charge on any atom is -0.357 e. The lowest BCUT2D eigenvalue weighted by atomic mass is 10.1. The van der Waals surface area contributed by atoms with Crippen LogP contribution in [0.5, 0.6) is 0 Å². The molecule has 1 fully saturated rings. The molecule has 0 atom stereocenters. The Morgan fingerprint density at radius 3 is 2.42 bits per heavy atom. The van der Waals surface area contributed by atoms with Crippen molar-refractivity contribution >= 4 is 21.7 Å². The highest BCUT2D eigenvalue weighted by Crippen LogP contribution is 2.19. The van der Waals surface area contributed by atoms with E-state index in [-0.39, 0.29) is 0 Å². The Balaban J connectivity index is 2.06. The van der Waals surface area contributed by atoms with Crippen LogP contribution in [0.1, 0.15) is 19.3 Å². The Morgan fingerprint density at radius 2 is 1.89 bits per heavy atom. The van der Waals surface area contributed by atoms with Crippen molar-refractivity contribution in [2.75, 3.05) is 36.8 Å². The van der Waals surface area contributed by atoms with Crippen LogP contribution in [0.4, 0.5) is 11.5 Å². The van der Waals surface area contributed by atoms with Gasteiger partial charge in [-0.1, -0.05) is 0 Å². The predicted octanol–water partition coefficient (Wildman–Crippen LogP) is 1.29. The van der Waals surface area contributed by atoms with Gasteiger partial charge in [0.1, 0.15) is 5.82 Å². The third kappa shape index (κ3) is 3.57. The number of piperidine rings is 1. The van der Waals surface area contributed by atoms with Gasteiger partial charge in [0.05, 0.1) is 11.9 Å². The third-order valence-electron chi connectivity index (χ3n) is 3.16. The largest absolute Gasteiger partial charge is 0.357 e. The molecule has 7 heteroatoms. The van der Waals surface area contributed by atoms with Crippen molar-refractivity contribution in [1.82, 2.24) is 9.29 Å². The van der Waals surface area contributed by atoms with Crippen LogP contribution in [0.2, 0.25) is 0 Å². The van der Waals surface area contributed by atoms with Crippen LogP contribution >= 0.6 is 0 Å². The maximum Gasteiger partial charge on any atom is 0.301 e. The molecule has 0 saturated carbocycles. The van der Waals surface area contributed by atoms with E-state index in [4.69, 9.17) is 0 Å². The zero-order valence-corrected chi connectivity index (χ0v) is 12.2. The van der Waals surface area contributed by atoms with Crippen molar-refractivity contribution in [3.63, 3.8) is 0 Å². The highest BCUT2D eigenvalue weighted by atomic mass is 32.2. The first-order chi connectivity index (χ1) is 8.99. The van der Waals surface area contributed by atoms with Crippen LogP contribution in [-0.4, -0.2) is 44.9 Å². The number of nitrogens with zero attached hydrogens (tertiary/aromatic N) is 3. The standard InChI is InChI=1S/C12H20N4O2S/c1-15(2)19(17,18)14-11-6-7-12(13-10-11)16-8-4-3-5-9-16/h6-7,10,14H,3-5,8-9H2,1-2H3. The van der Waals surface area contributed by atoms with Gasteiger partial charge in [0.2, 0.25) is 0 Å². The van der Waals surface area contributed by atoms with E-state index in [9.17, 15) is 8.42 Å². The minimum atomic E-state index is -3.46. The van der Waals surface area contributed by atoms with E-state index in [1.807, 2.05) is 6.07 Å². The van der Waals surface area contributed by atoms with E-state index in [1.54, 1.807) is 12.3 Å². The minimum absolute atomic E-state index is 0.481. The fraction of sp³-hybridized carbons (Fsp3) is 0.583. The summed E-state index contributed by atoms with van der Waals surface area (Å²) in [5.41, 5.74) is 0.481. The molecule has 2 rings (SSSR count). The van der Waals surface area contributed by atoms with Gasteiger partial charge in [-0.15, -0.1) is 0 Å². The van der Waals surface area contributed by atoms with Crippen LogP contribution in [-0.2, 0) is 10.2 Å². The van der Waals surface area contributed by atoms with Crippen molar-refractivity contribution in [3.8, 4) is 0 Å². The topological polar surface area (TPSA) is 65.5 Å². The summed E-state index contributed by atoms with van der Waals surface area (Å²) in [6.07, 6.45) is 5.22. The summed E-state index contributed by atoms with van der Waals surface area (Å²) in [5.74, 6) is 0.910. The maximum atomic E-state index is 11.7. The highest BCUT2D eigenvalue weighted by Gasteiger charge is 2.15. The number of rotatable bonds is 4. The Hall–Kier alpha value is -1.34. The van der Waals surface area contributed by atoms with E-state index in [0.717, 1.165) is 23.2 Å². The number of hydrogen-bond acceptors (Lipinski definition) is 4. The zero-order chi connectivity index (χ0) is 13.9. The van der Waals surface area contributed by atoms with Crippen molar-refractivity contribution in [2.45, 2.75) is 19.3 Å². The van der Waals surface area contributed by atoms with Crippen LogP contribution in [0, 0.1) is 0 Å². The zero-order valence-electron chi connectivity index (χ0n) is 11.3. The van der Waals surface area contributed by atoms with E-state index >= 15 is 0 Å². The molecule has 1 aromatic rings. The van der Waals surface area contributed by atoms with E-state index in [2.05, 4.69) is 14.6 Å². The SMILES string of the molecule is CN(C)S(=O)(=O)Nc1ccc(N2CCCCC2)nc1. The first-order valence-electron chi connectivity index (χ1n) is 6.40. The fourth-order valence-corrected chi connectivity index (χ4v) is 2.60. The highest BCUT2D eigenvalue weighted by molar-refractivity contribution is 7.90. The molecule has 1 aliphatic rings. The van der Waals surface area contributed by atoms with Gasteiger partial charge in [-0.25, -0.2) is 4.98 Å². The molecule has 19 heavy (non-hydrogen) atoms. The second-order valence-corrected chi connectivity index (χ2v) is 6.73. The number of anilines is 2. The van der Waals surface area contributed by atoms with Gasteiger partial charge in [-0.05, 0) is 31.4 Å². The molecular weight excluding hydrogens is 264 g/mol. The lowest BCUT2D eigenvalue weighted by Crippen LogP contribution is -2.30. The van der Waals surface area contributed by atoms with Crippen molar-refractivity contribution < 1.29 is 8.42 Å². The molecule has 0 bridgehead atoms. The first kappa shape index (κ1) is 14.1. The summed E-state index contributed by atoms with van der Waals surface area (Å²) < 4.78 is 26.9. The smallest absolute Gasteiger partial charge is 0.301 e. The van der Waals surface area contributed by atoms with Gasteiger partial charge in [-0.3, -0.25) is 4.72 Å². The monoisotopic (exact) mass is 284 g/mol. The normalized spacial score (nSPS) is 16.7. The average Bonchev–Trinajstić information content (AvgIpc) is 2.40. The van der Waals surface area contributed by atoms with Gasteiger partial charge >= 0.3 is 10.2 Å². The maximum absolute atomic E-state index is 11.7. The molecule has 2 heterocycles. The molecule has 1 aromatic heterocycles. The Bertz CT molecular complexity index is 507. The second kappa shape index (κ2) is 5.75. The summed E-state index contributed by atoms with van der Waals surface area (Å²) in [7, 11) is -0.491. The van der Waals surface area contributed by atoms with Crippen molar-refractivity contribution in [3.05, 3.63) is 18.3 Å². The molecule has 0 aliphatic carbocycles. The van der Waals surface area contributed by atoms with Gasteiger partial charge in [0, 0.05) is 27.2 Å². The summed E-state index contributed by atoms with van der Waals surface area (Å²) in [5, 5.41) is 0. The van der Waals surface area contributed by atoms with Crippen LogP contribution in [0.15, 0.2) is 18.3 Å². The van der Waals surface area contributed by atoms with Gasteiger partial charge in [0.15, 0.2) is 0 Å². The number of aromatic nitrogens is 1. The molecule has 0 radical (unpaired) electrons. The predicted molar refractivity (Wildman–Crippen MR) is 76.5 cm³/mol. The summed E-state index contributed by atoms with van der Waals surface area (Å²) in [4.78, 5) is 6.56. The lowest BCUT2D eigenvalue weighted by molar-refractivity contribution is 0.527. The molecular formula is C12H20N4O2S. The van der Waals surface area contributed by atoms with Crippen molar-refractivity contribution in [2.24, 2.45) is 0 Å². The molecule has 0 unspecified atom stereocenters. The Kier molecular flexibility index (Phi) is 4.26. The Morgan fingerprint density at radius 1 is 1.21 bits per heavy atom. The molecule has 0 amide bonds. The van der Waals surface area contributed by atoms with Crippen molar-refractivity contribution in [1.29, 1.82) is 0 Å². The molecule has 1 aliphatic heterocycles. The number of nitrogens with one attached hydrogen (secondary N) is 1. The van der Waals surface area contributed by atoms with Gasteiger partial charge in [-0.2, -0.15) is 12.7 Å². The van der Waals surface area contributed by atoms with E-state index in [1.165, 1.54) is 33.4 Å². The Labute approximate surface area is 114 Å². The van der Waals surface area contributed by atoms with Gasteiger partial charge in [0.25, 0.3) is 0 Å². The lowest BCUT2D eigenvalue weighted by Gasteiger charge is -2.27. The quantitative estimate of drug-likeness (QED) is 0.905. The number of hydrogen-bond donors (Lipinski definition) is 1. The molecule has 0 aromatic carbocycles. The summed E-state index contributed by atoms with van der Waals surface area (Å²) in [6.45, 7) is 2.05. The van der Waals surface area contributed by atoms with Crippen LogP contribution < -0.4 is 9.62 Å². The number of pyridine rings is 1.